The second-order valence-corrected chi connectivity index (χ2v) is 7.79. The summed E-state index contributed by atoms with van der Waals surface area (Å²) in [5.41, 5.74) is 2.96. The Morgan fingerprint density at radius 3 is 2.75 bits per heavy atom. The number of nitrogens with zero attached hydrogens (tertiary/aromatic N) is 4. The zero-order valence-electron chi connectivity index (χ0n) is 14.3. The molecule has 24 heavy (non-hydrogen) atoms. The predicted octanol–water partition coefficient (Wildman–Crippen LogP) is 2.96. The second kappa shape index (κ2) is 6.69. The van der Waals surface area contributed by atoms with Gasteiger partial charge >= 0.3 is 0 Å². The van der Waals surface area contributed by atoms with Crippen LogP contribution in [0.15, 0.2) is 24.3 Å². The van der Waals surface area contributed by atoms with Gasteiger partial charge in [0.05, 0.1) is 13.7 Å². The van der Waals surface area contributed by atoms with Gasteiger partial charge in [-0.1, -0.05) is 29.5 Å². The van der Waals surface area contributed by atoms with Crippen molar-refractivity contribution in [1.29, 1.82) is 0 Å². The Balaban J connectivity index is 1.38. The Labute approximate surface area is 147 Å². The van der Waals surface area contributed by atoms with E-state index in [2.05, 4.69) is 51.2 Å². The quantitative estimate of drug-likeness (QED) is 0.853. The Morgan fingerprint density at radius 2 is 2.00 bits per heavy atom. The van der Waals surface area contributed by atoms with E-state index in [-0.39, 0.29) is 0 Å². The molecule has 6 heteroatoms. The lowest BCUT2D eigenvalue weighted by molar-refractivity contribution is 0.198. The maximum atomic E-state index is 5.13. The Kier molecular flexibility index (Phi) is 4.41. The minimum atomic E-state index is 0.617. The summed E-state index contributed by atoms with van der Waals surface area (Å²) in [6.07, 6.45) is 3.62. The number of anilines is 1. The van der Waals surface area contributed by atoms with Gasteiger partial charge in [0.15, 0.2) is 0 Å². The maximum Gasteiger partial charge on any atom is 0.293 e. The van der Waals surface area contributed by atoms with Crippen LogP contribution >= 0.6 is 11.3 Å². The summed E-state index contributed by atoms with van der Waals surface area (Å²) in [4.78, 5) is 5.16. The third-order valence-electron chi connectivity index (χ3n) is 5.19. The van der Waals surface area contributed by atoms with Crippen LogP contribution in [0.2, 0.25) is 0 Å². The van der Waals surface area contributed by atoms with Crippen molar-refractivity contribution in [2.75, 3.05) is 25.1 Å². The summed E-state index contributed by atoms with van der Waals surface area (Å²) < 4.78 is 5.13. The van der Waals surface area contributed by atoms with Crippen LogP contribution in [0, 0.1) is 0 Å². The van der Waals surface area contributed by atoms with Crippen molar-refractivity contribution in [3.63, 3.8) is 0 Å². The molecule has 4 rings (SSSR count). The van der Waals surface area contributed by atoms with Gasteiger partial charge in [-0.3, -0.25) is 4.90 Å². The number of benzene rings is 1. The van der Waals surface area contributed by atoms with E-state index < -0.39 is 0 Å². The summed E-state index contributed by atoms with van der Waals surface area (Å²) in [6.45, 7) is 5.50. The third-order valence-corrected chi connectivity index (χ3v) is 6.06. The molecule has 0 saturated carbocycles. The first-order chi connectivity index (χ1) is 11.7. The van der Waals surface area contributed by atoms with Crippen molar-refractivity contribution >= 4 is 17.0 Å². The smallest absolute Gasteiger partial charge is 0.293 e. The van der Waals surface area contributed by atoms with Crippen molar-refractivity contribution in [3.05, 3.63) is 34.8 Å². The minimum absolute atomic E-state index is 0.617. The standard InChI is InChI=1S/C18H24N4OS/c1-13-11-14-5-3-4-6-16(14)22(13)15-7-9-21(10-8-15)12-17-19-20-18(23-2)24-17/h3-6,13,15H,7-12H2,1-2H3. The number of likely N-dealkylation sites (tertiary alicyclic amines) is 1. The first kappa shape index (κ1) is 15.8. The largest absolute Gasteiger partial charge is 0.472 e. The molecule has 128 valence electrons. The molecule has 5 nitrogen and oxygen atoms in total. The monoisotopic (exact) mass is 344 g/mol. The third kappa shape index (κ3) is 3.00. The van der Waals surface area contributed by atoms with Gasteiger partial charge in [-0.05, 0) is 37.8 Å². The van der Waals surface area contributed by atoms with Crippen molar-refractivity contribution < 1.29 is 4.74 Å². The van der Waals surface area contributed by atoms with Crippen LogP contribution in [0.4, 0.5) is 5.69 Å². The summed E-state index contributed by atoms with van der Waals surface area (Å²) in [6, 6.07) is 10.2. The lowest BCUT2D eigenvalue weighted by Gasteiger charge is -2.40. The van der Waals surface area contributed by atoms with E-state index in [1.807, 2.05) is 0 Å². The van der Waals surface area contributed by atoms with Gasteiger partial charge in [0.2, 0.25) is 0 Å². The van der Waals surface area contributed by atoms with Crippen molar-refractivity contribution in [3.8, 4) is 5.19 Å². The van der Waals surface area contributed by atoms with Gasteiger partial charge in [0.25, 0.3) is 5.19 Å². The number of ether oxygens (including phenoxy) is 1. The number of rotatable bonds is 4. The summed E-state index contributed by atoms with van der Waals surface area (Å²) in [5, 5.41) is 9.94. The van der Waals surface area contributed by atoms with E-state index in [0.29, 0.717) is 17.3 Å². The molecule has 0 aliphatic carbocycles. The van der Waals surface area contributed by atoms with Crippen LogP contribution in [0.3, 0.4) is 0 Å². The van der Waals surface area contributed by atoms with Crippen molar-refractivity contribution in [2.45, 2.75) is 44.8 Å². The molecular weight excluding hydrogens is 320 g/mol. The molecule has 0 spiro atoms. The topological polar surface area (TPSA) is 41.5 Å². The van der Waals surface area contributed by atoms with E-state index >= 15 is 0 Å². The highest BCUT2D eigenvalue weighted by atomic mass is 32.1. The Bertz CT molecular complexity index is 696. The van der Waals surface area contributed by atoms with Crippen molar-refractivity contribution in [2.24, 2.45) is 0 Å². The molecule has 0 amide bonds. The average molecular weight is 344 g/mol. The molecule has 2 aliphatic heterocycles. The molecule has 1 fully saturated rings. The van der Waals surface area contributed by atoms with E-state index in [1.54, 1.807) is 18.4 Å². The van der Waals surface area contributed by atoms with Gasteiger partial charge in [0, 0.05) is 30.9 Å². The van der Waals surface area contributed by atoms with Gasteiger partial charge in [-0.25, -0.2) is 0 Å². The van der Waals surface area contributed by atoms with Crippen LogP contribution in [0.5, 0.6) is 5.19 Å². The first-order valence-corrected chi connectivity index (χ1v) is 9.51. The maximum absolute atomic E-state index is 5.13. The number of hydrogen-bond acceptors (Lipinski definition) is 6. The highest BCUT2D eigenvalue weighted by Gasteiger charge is 2.33. The molecule has 2 aliphatic rings. The zero-order valence-corrected chi connectivity index (χ0v) is 15.1. The van der Waals surface area contributed by atoms with Crippen LogP contribution in [0.1, 0.15) is 30.3 Å². The van der Waals surface area contributed by atoms with E-state index in [9.17, 15) is 0 Å². The lowest BCUT2D eigenvalue weighted by Crippen LogP contribution is -2.46. The number of para-hydroxylation sites is 1. The molecule has 0 bridgehead atoms. The second-order valence-electron chi connectivity index (χ2n) is 6.76. The molecule has 0 radical (unpaired) electrons. The van der Waals surface area contributed by atoms with E-state index in [4.69, 9.17) is 4.74 Å². The fourth-order valence-electron chi connectivity index (χ4n) is 4.08. The van der Waals surface area contributed by atoms with Crippen LogP contribution in [0.25, 0.3) is 0 Å². The first-order valence-electron chi connectivity index (χ1n) is 8.69. The molecule has 3 heterocycles. The molecule has 1 unspecified atom stereocenters. The highest BCUT2D eigenvalue weighted by Crippen LogP contribution is 2.36. The summed E-state index contributed by atoms with van der Waals surface area (Å²) in [5.74, 6) is 0. The van der Waals surface area contributed by atoms with Crippen molar-refractivity contribution in [1.82, 2.24) is 15.1 Å². The summed E-state index contributed by atoms with van der Waals surface area (Å²) >= 11 is 1.55. The fourth-order valence-corrected chi connectivity index (χ4v) is 4.77. The minimum Gasteiger partial charge on any atom is -0.472 e. The molecule has 1 saturated heterocycles. The zero-order chi connectivity index (χ0) is 16.5. The SMILES string of the molecule is COc1nnc(CN2CCC(N3c4ccccc4CC3C)CC2)s1. The van der Waals surface area contributed by atoms with Crippen LogP contribution in [-0.2, 0) is 13.0 Å². The van der Waals surface area contributed by atoms with Crippen LogP contribution in [-0.4, -0.2) is 47.4 Å². The van der Waals surface area contributed by atoms with Gasteiger partial charge in [-0.15, -0.1) is 10.2 Å². The molecule has 1 aromatic carbocycles. The number of methoxy groups -OCH3 is 1. The van der Waals surface area contributed by atoms with Gasteiger partial charge < -0.3 is 9.64 Å². The molecular formula is C18H24N4OS. The molecule has 1 aromatic heterocycles. The average Bonchev–Trinajstić information content (AvgIpc) is 3.19. The highest BCUT2D eigenvalue weighted by molar-refractivity contribution is 7.13. The molecule has 2 aromatic rings. The van der Waals surface area contributed by atoms with Gasteiger partial charge in [0.1, 0.15) is 5.01 Å². The predicted molar refractivity (Wildman–Crippen MR) is 96.8 cm³/mol. The Morgan fingerprint density at radius 1 is 1.21 bits per heavy atom. The van der Waals surface area contributed by atoms with E-state index in [0.717, 1.165) is 24.6 Å². The lowest BCUT2D eigenvalue weighted by atomic mass is 10.0. The van der Waals surface area contributed by atoms with Gasteiger partial charge in [-0.2, -0.15) is 0 Å². The fraction of sp³-hybridized carbons (Fsp3) is 0.556. The van der Waals surface area contributed by atoms with Crippen LogP contribution < -0.4 is 9.64 Å². The number of fused-ring (bicyclic) bond motifs is 1. The Hall–Kier alpha value is -1.66. The van der Waals surface area contributed by atoms with E-state index in [1.165, 1.54) is 30.5 Å². The summed E-state index contributed by atoms with van der Waals surface area (Å²) in [7, 11) is 1.64. The molecule has 0 N–H and O–H groups in total. The number of hydrogen-bond donors (Lipinski definition) is 0. The number of aromatic nitrogens is 2. The normalized spacial score (nSPS) is 21.9. The molecule has 1 atom stereocenters. The number of piperidine rings is 1.